The number of nitrogens with one attached hydrogen (secondary N) is 1. The maximum Gasteiger partial charge on any atom is 0.336 e. The highest BCUT2D eigenvalue weighted by molar-refractivity contribution is 5.84. The number of aliphatic hydroxyl groups is 4. The number of aliphatic hydroxyl groups excluding tert-OH is 4. The average Bonchev–Trinajstić information content (AvgIpc) is 3.45. The molecular weight excluding hydrogens is 342 g/mol. The lowest BCUT2D eigenvalue weighted by Gasteiger charge is -2.40. The molecule has 140 valence electrons. The first-order valence-corrected chi connectivity index (χ1v) is 8.63. The van der Waals surface area contributed by atoms with Crippen molar-refractivity contribution in [3.63, 3.8) is 0 Å². The van der Waals surface area contributed by atoms with Gasteiger partial charge in [0, 0.05) is 23.2 Å². The Bertz CT molecular complexity index is 862. The van der Waals surface area contributed by atoms with Crippen molar-refractivity contribution in [1.82, 2.24) is 0 Å². The van der Waals surface area contributed by atoms with Crippen LogP contribution in [0.2, 0.25) is 0 Å². The Kier molecular flexibility index (Phi) is 4.45. The molecule has 0 amide bonds. The largest absolute Gasteiger partial charge is 0.423 e. The fourth-order valence-corrected chi connectivity index (χ4v) is 3.46. The Hall–Kier alpha value is -1.97. The molecule has 5 atom stereocenters. The van der Waals surface area contributed by atoms with Crippen LogP contribution in [-0.2, 0) is 4.74 Å². The molecule has 26 heavy (non-hydrogen) atoms. The summed E-state index contributed by atoms with van der Waals surface area (Å²) in [7, 11) is 0. The highest BCUT2D eigenvalue weighted by Gasteiger charge is 2.43. The van der Waals surface area contributed by atoms with Crippen LogP contribution >= 0.6 is 0 Å². The number of anilines is 1. The van der Waals surface area contributed by atoms with Crippen LogP contribution in [0.15, 0.2) is 33.5 Å². The maximum atomic E-state index is 11.8. The quantitative estimate of drug-likeness (QED) is 0.475. The lowest BCUT2D eigenvalue weighted by molar-refractivity contribution is -0.245. The average molecular weight is 363 g/mol. The van der Waals surface area contributed by atoms with Crippen LogP contribution in [0.4, 0.5) is 5.69 Å². The first-order valence-electron chi connectivity index (χ1n) is 8.63. The van der Waals surface area contributed by atoms with Crippen molar-refractivity contribution in [2.75, 3.05) is 11.9 Å². The van der Waals surface area contributed by atoms with E-state index in [1.165, 1.54) is 6.07 Å². The molecular formula is C18H21NO7. The fourth-order valence-electron chi connectivity index (χ4n) is 3.46. The molecule has 1 aromatic carbocycles. The molecule has 2 unspecified atom stereocenters. The van der Waals surface area contributed by atoms with Gasteiger partial charge in [0.25, 0.3) is 0 Å². The van der Waals surface area contributed by atoms with E-state index < -0.39 is 42.9 Å². The summed E-state index contributed by atoms with van der Waals surface area (Å²) in [5.41, 5.74) is 1.47. The van der Waals surface area contributed by atoms with Crippen molar-refractivity contribution < 1.29 is 29.6 Å². The zero-order valence-corrected chi connectivity index (χ0v) is 13.9. The van der Waals surface area contributed by atoms with Crippen molar-refractivity contribution in [2.24, 2.45) is 0 Å². The molecule has 1 aliphatic heterocycles. The van der Waals surface area contributed by atoms with E-state index in [1.807, 2.05) is 6.07 Å². The van der Waals surface area contributed by atoms with Gasteiger partial charge in [-0.15, -0.1) is 0 Å². The van der Waals surface area contributed by atoms with Crippen molar-refractivity contribution in [2.45, 2.75) is 49.4 Å². The zero-order chi connectivity index (χ0) is 18.4. The van der Waals surface area contributed by atoms with Crippen LogP contribution in [0.1, 0.15) is 24.3 Å². The van der Waals surface area contributed by atoms with Gasteiger partial charge in [0.2, 0.25) is 0 Å². The molecule has 4 rings (SSSR count). The molecule has 1 saturated heterocycles. The van der Waals surface area contributed by atoms with Crippen LogP contribution in [-0.4, -0.2) is 57.7 Å². The summed E-state index contributed by atoms with van der Waals surface area (Å²) in [5, 5.41) is 43.1. The van der Waals surface area contributed by atoms with E-state index >= 15 is 0 Å². The van der Waals surface area contributed by atoms with Crippen molar-refractivity contribution in [3.05, 3.63) is 40.2 Å². The van der Waals surface area contributed by atoms with E-state index in [1.54, 1.807) is 12.1 Å². The number of fused-ring (bicyclic) bond motifs is 1. The van der Waals surface area contributed by atoms with Crippen LogP contribution in [0.3, 0.4) is 0 Å². The Morgan fingerprint density at radius 3 is 2.58 bits per heavy atom. The zero-order valence-electron chi connectivity index (χ0n) is 13.9. The third kappa shape index (κ3) is 3.10. The first-order chi connectivity index (χ1) is 12.5. The minimum absolute atomic E-state index is 0.390. The van der Waals surface area contributed by atoms with Gasteiger partial charge in [0.15, 0.2) is 6.29 Å². The van der Waals surface area contributed by atoms with Gasteiger partial charge in [-0.3, -0.25) is 0 Å². The minimum atomic E-state index is -1.42. The topological polar surface area (TPSA) is 132 Å². The van der Waals surface area contributed by atoms with E-state index in [-0.39, 0.29) is 0 Å². The Morgan fingerprint density at radius 1 is 1.12 bits per heavy atom. The summed E-state index contributed by atoms with van der Waals surface area (Å²) < 4.78 is 10.4. The molecule has 1 aromatic heterocycles. The van der Waals surface area contributed by atoms with Gasteiger partial charge < -0.3 is 34.9 Å². The predicted molar refractivity (Wildman–Crippen MR) is 91.8 cm³/mol. The Morgan fingerprint density at radius 2 is 1.88 bits per heavy atom. The molecule has 2 fully saturated rings. The van der Waals surface area contributed by atoms with E-state index in [0.717, 1.165) is 23.8 Å². The van der Waals surface area contributed by atoms with E-state index in [9.17, 15) is 20.1 Å². The highest BCUT2D eigenvalue weighted by atomic mass is 16.6. The van der Waals surface area contributed by atoms with Gasteiger partial charge in [-0.2, -0.15) is 0 Å². The summed E-state index contributed by atoms with van der Waals surface area (Å²) >= 11 is 0. The number of hydrogen-bond donors (Lipinski definition) is 5. The van der Waals surface area contributed by atoms with Crippen molar-refractivity contribution >= 4 is 16.7 Å². The number of rotatable bonds is 4. The van der Waals surface area contributed by atoms with Gasteiger partial charge in [-0.1, -0.05) is 0 Å². The third-order valence-corrected chi connectivity index (χ3v) is 5.03. The van der Waals surface area contributed by atoms with E-state index in [2.05, 4.69) is 5.32 Å². The van der Waals surface area contributed by atoms with Crippen molar-refractivity contribution in [1.29, 1.82) is 0 Å². The molecule has 0 bridgehead atoms. The molecule has 2 heterocycles. The lowest BCUT2D eigenvalue weighted by atomic mass is 9.96. The smallest absolute Gasteiger partial charge is 0.336 e. The third-order valence-electron chi connectivity index (χ3n) is 5.03. The summed E-state index contributed by atoms with van der Waals surface area (Å²) in [5.74, 6) is 0.390. The molecule has 0 radical (unpaired) electrons. The van der Waals surface area contributed by atoms with Crippen LogP contribution in [0.5, 0.6) is 0 Å². The van der Waals surface area contributed by atoms with Crippen LogP contribution in [0, 0.1) is 0 Å². The predicted octanol–water partition coefficient (Wildman–Crippen LogP) is -0.118. The molecule has 0 spiro atoms. The molecule has 8 nitrogen and oxygen atoms in total. The van der Waals surface area contributed by atoms with Crippen LogP contribution < -0.4 is 10.9 Å². The van der Waals surface area contributed by atoms with Crippen molar-refractivity contribution in [3.8, 4) is 0 Å². The standard InChI is InChI=1S/C18H21NO7/c20-7-13-16(22)17(23)15(18(24)26-13)19-9-3-4-10-11(8-1-2-8)6-14(21)25-12(10)5-9/h3-6,8,13,15-20,22-24H,1-2,7H2/t13?,15?,16-,17-,18-/m1/s1. The van der Waals surface area contributed by atoms with E-state index in [4.69, 9.17) is 14.3 Å². The lowest BCUT2D eigenvalue weighted by Crippen LogP contribution is -2.61. The summed E-state index contributed by atoms with van der Waals surface area (Å²) in [4.78, 5) is 11.8. The second kappa shape index (κ2) is 6.64. The van der Waals surface area contributed by atoms with E-state index in [0.29, 0.717) is 17.2 Å². The molecule has 2 aromatic rings. The Balaban J connectivity index is 1.62. The maximum absolute atomic E-state index is 11.8. The summed E-state index contributed by atoms with van der Waals surface area (Å²) in [6.07, 6.45) is -3.07. The Labute approximate surface area is 148 Å². The van der Waals surface area contributed by atoms with Gasteiger partial charge in [-0.05, 0) is 36.5 Å². The molecule has 2 aliphatic rings. The highest BCUT2D eigenvalue weighted by Crippen LogP contribution is 2.42. The molecule has 5 N–H and O–H groups in total. The van der Waals surface area contributed by atoms with Gasteiger partial charge >= 0.3 is 5.63 Å². The second-order valence-corrected chi connectivity index (χ2v) is 6.90. The first kappa shape index (κ1) is 17.4. The number of hydrogen-bond acceptors (Lipinski definition) is 8. The fraction of sp³-hybridized carbons (Fsp3) is 0.500. The normalized spacial score (nSPS) is 31.9. The monoisotopic (exact) mass is 363 g/mol. The summed E-state index contributed by atoms with van der Waals surface area (Å²) in [6, 6.07) is 5.71. The SMILES string of the molecule is O=c1cc(C2CC2)c2ccc(NC3[C@H](O)OC(CO)[C@@H](O)[C@@H]3O)cc2o1. The molecule has 1 saturated carbocycles. The minimum Gasteiger partial charge on any atom is -0.423 e. The van der Waals surface area contributed by atoms with Crippen LogP contribution in [0.25, 0.3) is 11.0 Å². The van der Waals surface area contributed by atoms with Gasteiger partial charge in [-0.25, -0.2) is 4.79 Å². The van der Waals surface area contributed by atoms with Gasteiger partial charge in [0.1, 0.15) is 29.9 Å². The summed E-state index contributed by atoms with van der Waals surface area (Å²) in [6.45, 7) is -0.521. The number of benzene rings is 1. The molecule has 8 heteroatoms. The van der Waals surface area contributed by atoms with Gasteiger partial charge in [0.05, 0.1) is 6.61 Å². The second-order valence-electron chi connectivity index (χ2n) is 6.90. The number of ether oxygens (including phenoxy) is 1. The molecule has 1 aliphatic carbocycles.